The molecule has 0 atom stereocenters. The summed E-state index contributed by atoms with van der Waals surface area (Å²) in [6, 6.07) is 11.3. The summed E-state index contributed by atoms with van der Waals surface area (Å²) >= 11 is 0. The molecular formula is C23H24F2N6O2. The van der Waals surface area contributed by atoms with Crippen LogP contribution in [0.1, 0.15) is 11.3 Å². The van der Waals surface area contributed by atoms with Crippen LogP contribution in [0.3, 0.4) is 0 Å². The van der Waals surface area contributed by atoms with Gasteiger partial charge >= 0.3 is 5.92 Å². The molecular weight excluding hydrogens is 430 g/mol. The number of halogens is 2. The van der Waals surface area contributed by atoms with Gasteiger partial charge in [-0.2, -0.15) is 14.0 Å². The predicted molar refractivity (Wildman–Crippen MR) is 120 cm³/mol. The molecule has 8 nitrogen and oxygen atoms in total. The molecule has 0 saturated heterocycles. The fourth-order valence-electron chi connectivity index (χ4n) is 3.34. The molecule has 2 aromatic rings. The average Bonchev–Trinajstić information content (AvgIpc) is 2.80. The molecule has 0 aliphatic carbocycles. The number of hydrogen-bond donors (Lipinski definition) is 2. The largest absolute Gasteiger partial charge is 0.369 e. The Morgan fingerprint density at radius 2 is 2.06 bits per heavy atom. The number of benzene rings is 1. The summed E-state index contributed by atoms with van der Waals surface area (Å²) < 4.78 is 30.2. The Morgan fingerprint density at radius 1 is 1.30 bits per heavy atom. The predicted octanol–water partition coefficient (Wildman–Crippen LogP) is 1.91. The van der Waals surface area contributed by atoms with Crippen molar-refractivity contribution in [2.24, 2.45) is 0 Å². The zero-order valence-corrected chi connectivity index (χ0v) is 18.1. The number of allylic oxidation sites excluding steroid dienone is 2. The molecule has 1 aliphatic rings. The summed E-state index contributed by atoms with van der Waals surface area (Å²) in [7, 11) is 1.55. The molecule has 1 aromatic carbocycles. The quantitative estimate of drug-likeness (QED) is 0.600. The Morgan fingerprint density at radius 3 is 2.76 bits per heavy atom. The minimum absolute atomic E-state index is 0.143. The van der Waals surface area contributed by atoms with Gasteiger partial charge in [-0.05, 0) is 18.1 Å². The molecule has 0 spiro atoms. The number of nitrogens with one attached hydrogen (secondary N) is 2. The van der Waals surface area contributed by atoms with E-state index in [1.54, 1.807) is 25.3 Å². The molecule has 10 heteroatoms. The van der Waals surface area contributed by atoms with Crippen molar-refractivity contribution in [1.29, 1.82) is 5.26 Å². The first-order valence-corrected chi connectivity index (χ1v) is 10.3. The van der Waals surface area contributed by atoms with Crippen LogP contribution >= 0.6 is 0 Å². The first kappa shape index (κ1) is 23.7. The third-order valence-corrected chi connectivity index (χ3v) is 5.08. The van der Waals surface area contributed by atoms with Crippen LogP contribution in [0.25, 0.3) is 0 Å². The molecule has 0 fully saturated rings. The van der Waals surface area contributed by atoms with E-state index in [0.717, 1.165) is 16.3 Å². The van der Waals surface area contributed by atoms with Crippen LogP contribution in [-0.4, -0.2) is 53.0 Å². The van der Waals surface area contributed by atoms with Gasteiger partial charge in [0.15, 0.2) is 5.82 Å². The van der Waals surface area contributed by atoms with E-state index in [9.17, 15) is 23.6 Å². The van der Waals surface area contributed by atoms with Crippen molar-refractivity contribution in [2.45, 2.75) is 18.9 Å². The van der Waals surface area contributed by atoms with Crippen LogP contribution in [0, 0.1) is 11.3 Å². The summed E-state index contributed by atoms with van der Waals surface area (Å²) in [4.78, 5) is 30.3. The van der Waals surface area contributed by atoms with Crippen molar-refractivity contribution < 1.29 is 13.6 Å². The van der Waals surface area contributed by atoms with Gasteiger partial charge in [-0.25, -0.2) is 4.98 Å². The normalized spacial score (nSPS) is 13.3. The zero-order valence-electron chi connectivity index (χ0n) is 18.1. The van der Waals surface area contributed by atoms with Gasteiger partial charge in [-0.1, -0.05) is 42.5 Å². The van der Waals surface area contributed by atoms with Crippen molar-refractivity contribution in [2.75, 3.05) is 32.0 Å². The van der Waals surface area contributed by atoms with Crippen LogP contribution in [0.5, 0.6) is 0 Å². The monoisotopic (exact) mass is 454 g/mol. The number of likely N-dealkylation sites (N-methyl/N-ethyl adjacent to an activating group) is 1. The van der Waals surface area contributed by atoms with Crippen LogP contribution < -0.4 is 16.2 Å². The maximum Gasteiger partial charge on any atom is 0.304 e. The fourth-order valence-corrected chi connectivity index (χ4v) is 3.34. The number of hydrogen-bond acceptors (Lipinski definition) is 6. The first-order chi connectivity index (χ1) is 15.8. The highest BCUT2D eigenvalue weighted by atomic mass is 19.3. The molecule has 2 N–H and O–H groups in total. The van der Waals surface area contributed by atoms with Crippen LogP contribution in [0.4, 0.5) is 14.6 Å². The third-order valence-electron chi connectivity index (χ3n) is 5.08. The van der Waals surface area contributed by atoms with Gasteiger partial charge < -0.3 is 15.5 Å². The van der Waals surface area contributed by atoms with E-state index in [0.29, 0.717) is 19.5 Å². The van der Waals surface area contributed by atoms with Gasteiger partial charge in [0.2, 0.25) is 5.91 Å². The lowest BCUT2D eigenvalue weighted by Crippen LogP contribution is -2.40. The standard InChI is InChI=1S/C23H24F2N6O2/c1-30-12-6-5-9-19(30)23(24,25)16-29-21-22(33)31(18(13-26)14-28-21)15-20(32)27-11-10-17-7-3-2-4-8-17/h2-9,14H,10-12,15-16H2,1H3,(H,27,32)(H,28,29). The number of anilines is 1. The van der Waals surface area contributed by atoms with Gasteiger partial charge in [0, 0.05) is 20.1 Å². The zero-order chi connectivity index (χ0) is 23.8. The summed E-state index contributed by atoms with van der Waals surface area (Å²) in [6.45, 7) is -0.598. The summed E-state index contributed by atoms with van der Waals surface area (Å²) in [5, 5.41) is 14.4. The summed E-state index contributed by atoms with van der Waals surface area (Å²) in [5.41, 5.74) is -0.119. The second-order valence-corrected chi connectivity index (χ2v) is 7.50. The Kier molecular flexibility index (Phi) is 7.56. The lowest BCUT2D eigenvalue weighted by atomic mass is 10.1. The van der Waals surface area contributed by atoms with E-state index >= 15 is 0 Å². The van der Waals surface area contributed by atoms with E-state index in [2.05, 4.69) is 15.6 Å². The highest BCUT2D eigenvalue weighted by Gasteiger charge is 2.37. The Hall–Kier alpha value is -4.00. The van der Waals surface area contributed by atoms with Crippen molar-refractivity contribution >= 4 is 11.7 Å². The number of nitriles is 1. The summed E-state index contributed by atoms with van der Waals surface area (Å²) in [5.74, 6) is -4.10. The Balaban J connectivity index is 1.67. The molecule has 0 saturated carbocycles. The molecule has 33 heavy (non-hydrogen) atoms. The van der Waals surface area contributed by atoms with Gasteiger partial charge in [0.05, 0.1) is 18.4 Å². The summed E-state index contributed by atoms with van der Waals surface area (Å²) in [6.07, 6.45) is 6.29. The number of rotatable bonds is 9. The smallest absolute Gasteiger partial charge is 0.304 e. The Bertz CT molecular complexity index is 1150. The van der Waals surface area contributed by atoms with Gasteiger partial charge in [-0.3, -0.25) is 14.2 Å². The number of alkyl halides is 2. The average molecular weight is 454 g/mol. The molecule has 0 radical (unpaired) electrons. The van der Waals surface area contributed by atoms with E-state index in [1.807, 2.05) is 30.3 Å². The van der Waals surface area contributed by atoms with Gasteiger partial charge in [0.1, 0.15) is 18.3 Å². The van der Waals surface area contributed by atoms with Crippen molar-refractivity contribution in [3.8, 4) is 6.07 Å². The first-order valence-electron chi connectivity index (χ1n) is 10.3. The minimum atomic E-state index is -3.26. The topological polar surface area (TPSA) is 103 Å². The van der Waals surface area contributed by atoms with E-state index in [4.69, 9.17) is 0 Å². The number of carbonyl (C=O) groups excluding carboxylic acids is 1. The fraction of sp³-hybridized carbons (Fsp3) is 0.304. The van der Waals surface area contributed by atoms with Gasteiger partial charge in [0.25, 0.3) is 5.56 Å². The molecule has 1 aromatic heterocycles. The van der Waals surface area contributed by atoms with Crippen molar-refractivity contribution in [3.05, 3.63) is 82.1 Å². The SMILES string of the molecule is CN1CC=CC=C1C(F)(F)CNc1ncc(C#N)n(CC(=O)NCCc2ccccc2)c1=O. The molecule has 1 amide bonds. The molecule has 3 rings (SSSR count). The maximum absolute atomic E-state index is 14.7. The minimum Gasteiger partial charge on any atom is -0.369 e. The number of amides is 1. The highest BCUT2D eigenvalue weighted by molar-refractivity contribution is 5.76. The molecule has 0 unspecified atom stereocenters. The number of aromatic nitrogens is 2. The Labute approximate surface area is 189 Å². The highest BCUT2D eigenvalue weighted by Crippen LogP contribution is 2.28. The molecule has 0 bridgehead atoms. The maximum atomic E-state index is 14.7. The number of carbonyl (C=O) groups is 1. The van der Waals surface area contributed by atoms with Crippen LogP contribution in [-0.2, 0) is 17.8 Å². The van der Waals surface area contributed by atoms with Crippen LogP contribution in [0.15, 0.2) is 65.2 Å². The third kappa shape index (κ3) is 6.04. The van der Waals surface area contributed by atoms with Crippen molar-refractivity contribution in [1.82, 2.24) is 19.8 Å². The number of nitrogens with zero attached hydrogens (tertiary/aromatic N) is 4. The van der Waals surface area contributed by atoms with Crippen LogP contribution in [0.2, 0.25) is 0 Å². The lowest BCUT2D eigenvalue weighted by molar-refractivity contribution is -0.121. The van der Waals surface area contributed by atoms with Crippen molar-refractivity contribution in [3.63, 3.8) is 0 Å². The second-order valence-electron chi connectivity index (χ2n) is 7.50. The van der Waals surface area contributed by atoms with E-state index < -0.39 is 30.5 Å². The molecule has 172 valence electrons. The van der Waals surface area contributed by atoms with E-state index in [-0.39, 0.29) is 17.2 Å². The van der Waals surface area contributed by atoms with E-state index in [1.165, 1.54) is 11.0 Å². The molecule has 2 heterocycles. The lowest BCUT2D eigenvalue weighted by Gasteiger charge is -2.30. The molecule has 1 aliphatic heterocycles. The second kappa shape index (κ2) is 10.5. The van der Waals surface area contributed by atoms with Gasteiger partial charge in [-0.15, -0.1) is 0 Å².